The highest BCUT2D eigenvalue weighted by molar-refractivity contribution is 14.1. The average Bonchev–Trinajstić information content (AvgIpc) is 2.85. The van der Waals surface area contributed by atoms with E-state index >= 15 is 0 Å². The predicted octanol–water partition coefficient (Wildman–Crippen LogP) is 5.09. The van der Waals surface area contributed by atoms with Crippen molar-refractivity contribution in [1.82, 2.24) is 0 Å². The fraction of sp³-hybridized carbons (Fsp3) is 0.375. The van der Waals surface area contributed by atoms with Crippen LogP contribution in [0.2, 0.25) is 0 Å². The molecule has 3 heteroatoms. The monoisotopic (exact) mass is 385 g/mol. The van der Waals surface area contributed by atoms with E-state index < -0.39 is 0 Å². The van der Waals surface area contributed by atoms with Gasteiger partial charge in [-0.25, -0.2) is 0 Å². The van der Waals surface area contributed by atoms with Gasteiger partial charge in [-0.05, 0) is 62.6 Å². The Labute approximate surface area is 133 Å². The molecule has 1 unspecified atom stereocenters. The maximum atomic E-state index is 6.32. The van der Waals surface area contributed by atoms with Crippen LogP contribution in [0.15, 0.2) is 35.7 Å². The van der Waals surface area contributed by atoms with Crippen LogP contribution in [0.3, 0.4) is 0 Å². The molecule has 1 heterocycles. The van der Waals surface area contributed by atoms with E-state index in [1.165, 1.54) is 19.6 Å². The Balaban J connectivity index is 2.23. The molecule has 1 aromatic heterocycles. The van der Waals surface area contributed by atoms with Crippen LogP contribution >= 0.6 is 33.9 Å². The summed E-state index contributed by atoms with van der Waals surface area (Å²) in [5, 5.41) is 2.15. The molecule has 0 radical (unpaired) electrons. The zero-order chi connectivity index (χ0) is 14.0. The third kappa shape index (κ3) is 3.38. The van der Waals surface area contributed by atoms with Crippen molar-refractivity contribution in [1.29, 1.82) is 0 Å². The summed E-state index contributed by atoms with van der Waals surface area (Å²) < 4.78 is 1.28. The van der Waals surface area contributed by atoms with Crippen LogP contribution in [0.5, 0.6) is 0 Å². The molecule has 19 heavy (non-hydrogen) atoms. The van der Waals surface area contributed by atoms with Gasteiger partial charge < -0.3 is 5.73 Å². The zero-order valence-corrected chi connectivity index (χ0v) is 14.6. The van der Waals surface area contributed by atoms with Gasteiger partial charge >= 0.3 is 0 Å². The van der Waals surface area contributed by atoms with Crippen molar-refractivity contribution < 1.29 is 0 Å². The summed E-state index contributed by atoms with van der Waals surface area (Å²) in [6.07, 6.45) is 1.14. The maximum absolute atomic E-state index is 6.32. The van der Waals surface area contributed by atoms with Gasteiger partial charge in [0.25, 0.3) is 0 Å². The second-order valence-corrected chi connectivity index (χ2v) is 8.33. The zero-order valence-electron chi connectivity index (χ0n) is 11.6. The standard InChI is InChI=1S/C16H20INS/c1-4-16(2,3)13-7-5-11(6-8-13)15(18)12-9-14(17)19-10-12/h5-10,15H,4,18H2,1-3H3. The lowest BCUT2D eigenvalue weighted by molar-refractivity contribution is 0.506. The van der Waals surface area contributed by atoms with Crippen LogP contribution in [0.4, 0.5) is 0 Å². The first-order chi connectivity index (χ1) is 8.94. The highest BCUT2D eigenvalue weighted by atomic mass is 127. The van der Waals surface area contributed by atoms with E-state index in [1.807, 2.05) is 0 Å². The second-order valence-electron chi connectivity index (χ2n) is 5.52. The normalized spacial score (nSPS) is 13.5. The number of benzene rings is 1. The second kappa shape index (κ2) is 5.94. The average molecular weight is 385 g/mol. The molecule has 0 aliphatic carbocycles. The minimum atomic E-state index is -0.0152. The largest absolute Gasteiger partial charge is 0.320 e. The SMILES string of the molecule is CCC(C)(C)c1ccc(C(N)c2csc(I)c2)cc1. The van der Waals surface area contributed by atoms with Crippen LogP contribution in [-0.4, -0.2) is 0 Å². The van der Waals surface area contributed by atoms with Gasteiger partial charge in [-0.15, -0.1) is 11.3 Å². The lowest BCUT2D eigenvalue weighted by Gasteiger charge is -2.24. The van der Waals surface area contributed by atoms with Crippen molar-refractivity contribution >= 4 is 33.9 Å². The molecule has 102 valence electrons. The van der Waals surface area contributed by atoms with Crippen molar-refractivity contribution in [3.8, 4) is 0 Å². The first-order valence-electron chi connectivity index (χ1n) is 6.54. The van der Waals surface area contributed by atoms with Crippen LogP contribution < -0.4 is 5.73 Å². The number of rotatable bonds is 4. The van der Waals surface area contributed by atoms with Crippen molar-refractivity contribution in [3.63, 3.8) is 0 Å². The van der Waals surface area contributed by atoms with Crippen LogP contribution in [-0.2, 0) is 5.41 Å². The van der Waals surface area contributed by atoms with E-state index in [0.29, 0.717) is 0 Å². The molecule has 0 saturated heterocycles. The van der Waals surface area contributed by atoms with Crippen LogP contribution in [0, 0.1) is 2.88 Å². The molecule has 0 aliphatic rings. The summed E-state index contributed by atoms with van der Waals surface area (Å²) in [4.78, 5) is 0. The lowest BCUT2D eigenvalue weighted by Crippen LogP contribution is -2.16. The molecule has 2 rings (SSSR count). The first-order valence-corrected chi connectivity index (χ1v) is 8.50. The highest BCUT2D eigenvalue weighted by Crippen LogP contribution is 2.29. The first kappa shape index (κ1) is 15.0. The molecule has 0 spiro atoms. The van der Waals surface area contributed by atoms with Crippen molar-refractivity contribution in [2.75, 3.05) is 0 Å². The Morgan fingerprint density at radius 2 is 1.84 bits per heavy atom. The molecular formula is C16H20INS. The van der Waals surface area contributed by atoms with E-state index in [0.717, 1.165) is 6.42 Å². The summed E-state index contributed by atoms with van der Waals surface area (Å²) in [7, 11) is 0. The number of nitrogens with two attached hydrogens (primary N) is 1. The molecule has 2 N–H and O–H groups in total. The quantitative estimate of drug-likeness (QED) is 0.729. The molecule has 1 aromatic carbocycles. The molecule has 0 fully saturated rings. The summed E-state index contributed by atoms with van der Waals surface area (Å²) >= 11 is 4.08. The summed E-state index contributed by atoms with van der Waals surface area (Å²) in [6.45, 7) is 6.79. The van der Waals surface area contributed by atoms with E-state index in [-0.39, 0.29) is 11.5 Å². The Bertz CT molecular complexity index is 542. The maximum Gasteiger partial charge on any atom is 0.0656 e. The van der Waals surface area contributed by atoms with Gasteiger partial charge in [-0.2, -0.15) is 0 Å². The van der Waals surface area contributed by atoms with Gasteiger partial charge in [-0.3, -0.25) is 0 Å². The van der Waals surface area contributed by atoms with E-state index in [4.69, 9.17) is 5.73 Å². The van der Waals surface area contributed by atoms with Gasteiger partial charge in [0.1, 0.15) is 0 Å². The third-order valence-electron chi connectivity index (χ3n) is 3.88. The molecule has 0 bridgehead atoms. The molecule has 0 amide bonds. The smallest absolute Gasteiger partial charge is 0.0656 e. The minimum absolute atomic E-state index is 0.0152. The predicted molar refractivity (Wildman–Crippen MR) is 92.8 cm³/mol. The fourth-order valence-corrected chi connectivity index (χ4v) is 3.43. The highest BCUT2D eigenvalue weighted by Gasteiger charge is 2.18. The van der Waals surface area contributed by atoms with Crippen LogP contribution in [0.1, 0.15) is 49.9 Å². The Morgan fingerprint density at radius 1 is 1.21 bits per heavy atom. The molecule has 0 saturated carbocycles. The van der Waals surface area contributed by atoms with Crippen LogP contribution in [0.25, 0.3) is 0 Å². The Kier molecular flexibility index (Phi) is 4.69. The molecular weight excluding hydrogens is 365 g/mol. The Hall–Kier alpha value is -0.390. The van der Waals surface area contributed by atoms with E-state index in [2.05, 4.69) is 79.1 Å². The summed E-state index contributed by atoms with van der Waals surface area (Å²) in [5.74, 6) is 0. The third-order valence-corrected chi connectivity index (χ3v) is 5.69. The summed E-state index contributed by atoms with van der Waals surface area (Å²) in [5.41, 5.74) is 10.3. The van der Waals surface area contributed by atoms with Gasteiger partial charge in [0.05, 0.1) is 8.93 Å². The van der Waals surface area contributed by atoms with Crippen molar-refractivity contribution in [3.05, 3.63) is 55.3 Å². The molecule has 1 atom stereocenters. The summed E-state index contributed by atoms with van der Waals surface area (Å²) in [6, 6.07) is 10.9. The number of thiophene rings is 1. The Morgan fingerprint density at radius 3 is 2.32 bits per heavy atom. The number of hydrogen-bond acceptors (Lipinski definition) is 2. The number of halogens is 1. The molecule has 1 nitrogen and oxygen atoms in total. The fourth-order valence-electron chi connectivity index (χ4n) is 2.02. The van der Waals surface area contributed by atoms with Crippen molar-refractivity contribution in [2.24, 2.45) is 5.73 Å². The molecule has 0 aliphatic heterocycles. The lowest BCUT2D eigenvalue weighted by atomic mass is 9.81. The van der Waals surface area contributed by atoms with Gasteiger partial charge in [-0.1, -0.05) is 45.0 Å². The van der Waals surface area contributed by atoms with E-state index in [9.17, 15) is 0 Å². The van der Waals surface area contributed by atoms with E-state index in [1.54, 1.807) is 11.3 Å². The topological polar surface area (TPSA) is 26.0 Å². The molecule has 2 aromatic rings. The minimum Gasteiger partial charge on any atom is -0.320 e. The van der Waals surface area contributed by atoms with Gasteiger partial charge in [0.15, 0.2) is 0 Å². The van der Waals surface area contributed by atoms with Crippen molar-refractivity contribution in [2.45, 2.75) is 38.6 Å². The van der Waals surface area contributed by atoms with Gasteiger partial charge in [0, 0.05) is 0 Å². The number of hydrogen-bond donors (Lipinski definition) is 1. The van der Waals surface area contributed by atoms with Gasteiger partial charge in [0.2, 0.25) is 0 Å².